The highest BCUT2D eigenvalue weighted by atomic mass is 32.2. The lowest BCUT2D eigenvalue weighted by atomic mass is 9.84. The molecule has 0 spiro atoms. The first-order valence-electron chi connectivity index (χ1n) is 7.15. The Kier molecular flexibility index (Phi) is 5.94. The first-order valence-corrected chi connectivity index (χ1v) is 8.31. The van der Waals surface area contributed by atoms with E-state index in [1.165, 1.54) is 22.3 Å². The molecule has 1 aromatic carbocycles. The molecule has 1 rings (SSSR count). The lowest BCUT2D eigenvalue weighted by Crippen LogP contribution is -2.15. The van der Waals surface area contributed by atoms with Crippen molar-refractivity contribution in [2.24, 2.45) is 5.73 Å². The Labute approximate surface area is 123 Å². The summed E-state index contributed by atoms with van der Waals surface area (Å²) in [6.45, 7) is 13.4. The van der Waals surface area contributed by atoms with Crippen molar-refractivity contribution in [3.63, 3.8) is 0 Å². The Morgan fingerprint density at radius 1 is 1.16 bits per heavy atom. The van der Waals surface area contributed by atoms with Gasteiger partial charge >= 0.3 is 0 Å². The monoisotopic (exact) mass is 279 g/mol. The van der Waals surface area contributed by atoms with Crippen LogP contribution in [0.3, 0.4) is 0 Å². The fraction of sp³-hybridized carbons (Fsp3) is 0.647. The number of benzene rings is 1. The quantitative estimate of drug-likeness (QED) is 0.799. The lowest BCUT2D eigenvalue weighted by molar-refractivity contribution is 0.589. The molecule has 0 amide bonds. The first kappa shape index (κ1) is 16.6. The molecule has 0 saturated heterocycles. The molecule has 1 atom stereocenters. The molecule has 108 valence electrons. The summed E-state index contributed by atoms with van der Waals surface area (Å²) in [5, 5.41) is 0. The van der Waals surface area contributed by atoms with Crippen LogP contribution >= 0.6 is 11.8 Å². The van der Waals surface area contributed by atoms with Crippen molar-refractivity contribution in [3.8, 4) is 0 Å². The highest BCUT2D eigenvalue weighted by Gasteiger charge is 2.16. The van der Waals surface area contributed by atoms with Gasteiger partial charge in [-0.15, -0.1) is 0 Å². The third-order valence-electron chi connectivity index (χ3n) is 3.53. The van der Waals surface area contributed by atoms with Crippen molar-refractivity contribution >= 4 is 11.8 Å². The Morgan fingerprint density at radius 3 is 2.11 bits per heavy atom. The molecule has 0 fully saturated rings. The van der Waals surface area contributed by atoms with Crippen molar-refractivity contribution < 1.29 is 0 Å². The Morgan fingerprint density at radius 2 is 1.68 bits per heavy atom. The van der Waals surface area contributed by atoms with Crippen LogP contribution in [0.5, 0.6) is 0 Å². The molecule has 0 aliphatic rings. The van der Waals surface area contributed by atoms with Crippen LogP contribution in [0.25, 0.3) is 0 Å². The molecule has 0 saturated carbocycles. The molecule has 0 heterocycles. The fourth-order valence-electron chi connectivity index (χ4n) is 2.10. The summed E-state index contributed by atoms with van der Waals surface area (Å²) in [5.41, 5.74) is 11.8. The molecule has 0 radical (unpaired) electrons. The van der Waals surface area contributed by atoms with Crippen molar-refractivity contribution in [1.29, 1.82) is 0 Å². The molecular weight excluding hydrogens is 250 g/mol. The van der Waals surface area contributed by atoms with Crippen molar-refractivity contribution in [1.82, 2.24) is 0 Å². The lowest BCUT2D eigenvalue weighted by Gasteiger charge is -2.22. The minimum Gasteiger partial charge on any atom is -0.328 e. The van der Waals surface area contributed by atoms with Gasteiger partial charge in [0.2, 0.25) is 0 Å². The van der Waals surface area contributed by atoms with E-state index in [1.54, 1.807) is 0 Å². The number of thioether (sulfide) groups is 1. The van der Waals surface area contributed by atoms with Gasteiger partial charge in [-0.25, -0.2) is 0 Å². The second kappa shape index (κ2) is 6.81. The largest absolute Gasteiger partial charge is 0.328 e. The maximum atomic E-state index is 5.79. The van der Waals surface area contributed by atoms with E-state index in [0.29, 0.717) is 6.04 Å². The molecule has 19 heavy (non-hydrogen) atoms. The van der Waals surface area contributed by atoms with Crippen molar-refractivity contribution in [2.45, 2.75) is 65.2 Å². The summed E-state index contributed by atoms with van der Waals surface area (Å²) in [6.07, 6.45) is 1.10. The van der Waals surface area contributed by atoms with Crippen LogP contribution in [0, 0.1) is 13.8 Å². The standard InChI is InChI=1S/C17H29NS/c1-12-9-15(17(4,5)6)10-13(2)16(12)11-19-8-7-14(3)18/h9-10,14H,7-8,11,18H2,1-6H3. The summed E-state index contributed by atoms with van der Waals surface area (Å²) in [6, 6.07) is 5.03. The normalized spacial score (nSPS) is 13.6. The van der Waals surface area contributed by atoms with E-state index in [-0.39, 0.29) is 5.41 Å². The van der Waals surface area contributed by atoms with E-state index in [1.807, 2.05) is 11.8 Å². The van der Waals surface area contributed by atoms with Gasteiger partial charge in [0.05, 0.1) is 0 Å². The minimum absolute atomic E-state index is 0.232. The maximum Gasteiger partial charge on any atom is 0.0189 e. The van der Waals surface area contributed by atoms with Gasteiger partial charge in [-0.1, -0.05) is 32.9 Å². The van der Waals surface area contributed by atoms with Crippen molar-refractivity contribution in [3.05, 3.63) is 34.4 Å². The third kappa shape index (κ3) is 5.19. The SMILES string of the molecule is Cc1cc(C(C)(C)C)cc(C)c1CSCCC(C)N. The van der Waals surface area contributed by atoms with Crippen molar-refractivity contribution in [2.75, 3.05) is 5.75 Å². The molecule has 2 heteroatoms. The van der Waals surface area contributed by atoms with E-state index in [0.717, 1.165) is 17.9 Å². The summed E-state index contributed by atoms with van der Waals surface area (Å²) >= 11 is 2.00. The number of rotatable bonds is 5. The highest BCUT2D eigenvalue weighted by molar-refractivity contribution is 7.98. The summed E-state index contributed by atoms with van der Waals surface area (Å²) in [7, 11) is 0. The maximum absolute atomic E-state index is 5.79. The van der Waals surface area contributed by atoms with Crippen LogP contribution in [0.2, 0.25) is 0 Å². The second-order valence-electron chi connectivity index (χ2n) is 6.66. The van der Waals surface area contributed by atoms with E-state index in [2.05, 4.69) is 53.7 Å². The van der Waals surface area contributed by atoms with Crippen LogP contribution in [0.1, 0.15) is 56.4 Å². The molecule has 1 unspecified atom stereocenters. The van der Waals surface area contributed by atoms with Gasteiger partial charge in [-0.3, -0.25) is 0 Å². The van der Waals surface area contributed by atoms with E-state index in [9.17, 15) is 0 Å². The van der Waals surface area contributed by atoms with Gasteiger partial charge in [-0.2, -0.15) is 11.8 Å². The molecule has 1 nitrogen and oxygen atoms in total. The number of hydrogen-bond acceptors (Lipinski definition) is 2. The number of nitrogens with two attached hydrogens (primary N) is 1. The minimum atomic E-state index is 0.232. The molecule has 0 aromatic heterocycles. The first-order chi connectivity index (χ1) is 8.71. The average Bonchev–Trinajstić information content (AvgIpc) is 2.25. The number of hydrogen-bond donors (Lipinski definition) is 1. The zero-order valence-corrected chi connectivity index (χ0v) is 14.2. The molecular formula is C17H29NS. The van der Waals surface area contributed by atoms with Crippen LogP contribution in [-0.4, -0.2) is 11.8 Å². The van der Waals surface area contributed by atoms with Gasteiger partial charge in [0.1, 0.15) is 0 Å². The Bertz CT molecular complexity index is 393. The molecule has 0 aliphatic carbocycles. The fourth-order valence-corrected chi connectivity index (χ4v) is 3.44. The Hall–Kier alpha value is -0.470. The van der Waals surface area contributed by atoms with E-state index < -0.39 is 0 Å². The van der Waals surface area contributed by atoms with Gasteiger partial charge < -0.3 is 5.73 Å². The molecule has 2 N–H and O–H groups in total. The van der Waals surface area contributed by atoms with Crippen LogP contribution in [0.4, 0.5) is 0 Å². The second-order valence-corrected chi connectivity index (χ2v) is 7.76. The molecule has 0 bridgehead atoms. The van der Waals surface area contributed by atoms with Crippen LogP contribution < -0.4 is 5.73 Å². The number of aryl methyl sites for hydroxylation is 2. The average molecular weight is 279 g/mol. The van der Waals surface area contributed by atoms with Gasteiger partial charge in [-0.05, 0) is 60.6 Å². The van der Waals surface area contributed by atoms with Gasteiger partial charge in [0.25, 0.3) is 0 Å². The van der Waals surface area contributed by atoms with Crippen LogP contribution in [0.15, 0.2) is 12.1 Å². The Balaban J connectivity index is 2.75. The third-order valence-corrected chi connectivity index (χ3v) is 4.54. The topological polar surface area (TPSA) is 26.0 Å². The van der Waals surface area contributed by atoms with Crippen LogP contribution in [-0.2, 0) is 11.2 Å². The van der Waals surface area contributed by atoms with E-state index in [4.69, 9.17) is 5.73 Å². The smallest absolute Gasteiger partial charge is 0.0189 e. The summed E-state index contributed by atoms with van der Waals surface area (Å²) in [4.78, 5) is 0. The molecule has 0 aliphatic heterocycles. The predicted molar refractivity (Wildman–Crippen MR) is 89.0 cm³/mol. The predicted octanol–water partition coefficient (Wildman–Crippen LogP) is 4.57. The zero-order chi connectivity index (χ0) is 14.6. The van der Waals surface area contributed by atoms with E-state index >= 15 is 0 Å². The van der Waals surface area contributed by atoms with Gasteiger partial charge in [0.15, 0.2) is 0 Å². The van der Waals surface area contributed by atoms with Gasteiger partial charge in [0, 0.05) is 11.8 Å². The summed E-state index contributed by atoms with van der Waals surface area (Å²) < 4.78 is 0. The molecule has 1 aromatic rings. The summed E-state index contributed by atoms with van der Waals surface area (Å²) in [5.74, 6) is 2.26. The highest BCUT2D eigenvalue weighted by Crippen LogP contribution is 2.28. The zero-order valence-electron chi connectivity index (χ0n) is 13.3.